The molecule has 1 aromatic rings. The average Bonchev–Trinajstić information content (AvgIpc) is 2.49. The summed E-state index contributed by atoms with van der Waals surface area (Å²) < 4.78 is 6.66. The van der Waals surface area contributed by atoms with Crippen LogP contribution in [0, 0.1) is 0 Å². The van der Waals surface area contributed by atoms with Crippen molar-refractivity contribution in [3.8, 4) is 0 Å². The molecule has 0 bridgehead atoms. The van der Waals surface area contributed by atoms with Crippen molar-refractivity contribution in [3.05, 3.63) is 45.6 Å². The Kier molecular flexibility index (Phi) is 5.85. The van der Waals surface area contributed by atoms with Crippen molar-refractivity contribution in [1.29, 1.82) is 0 Å². The number of rotatable bonds is 5. The Labute approximate surface area is 134 Å². The van der Waals surface area contributed by atoms with E-state index in [1.54, 1.807) is 0 Å². The molecular formula is C17H22BrNO2. The van der Waals surface area contributed by atoms with Gasteiger partial charge in [-0.15, -0.1) is 0 Å². The summed E-state index contributed by atoms with van der Waals surface area (Å²) in [5.41, 5.74) is 2.04. The van der Waals surface area contributed by atoms with E-state index in [4.69, 9.17) is 4.74 Å². The standard InChI is InChI=1S/C17H22BrNO2/c1-3-16-15(5-4-10-21-16)17(20)19-12(2)11-13-6-8-14(18)9-7-13/h6-9,12H,3-5,10-11H2,1-2H3,(H,19,20)/t12-/m1/s1. The Morgan fingerprint density at radius 1 is 1.38 bits per heavy atom. The smallest absolute Gasteiger partial charge is 0.250 e. The molecule has 1 N–H and O–H groups in total. The summed E-state index contributed by atoms with van der Waals surface area (Å²) in [5, 5.41) is 3.09. The minimum Gasteiger partial charge on any atom is -0.497 e. The minimum absolute atomic E-state index is 0.0242. The van der Waals surface area contributed by atoms with Crippen LogP contribution < -0.4 is 5.32 Å². The lowest BCUT2D eigenvalue weighted by molar-refractivity contribution is -0.118. The molecule has 0 unspecified atom stereocenters. The maximum atomic E-state index is 12.4. The molecule has 3 nitrogen and oxygen atoms in total. The van der Waals surface area contributed by atoms with Crippen LogP contribution in [-0.2, 0) is 16.0 Å². The van der Waals surface area contributed by atoms with Crippen molar-refractivity contribution in [2.24, 2.45) is 0 Å². The Balaban J connectivity index is 1.95. The van der Waals surface area contributed by atoms with Crippen LogP contribution in [-0.4, -0.2) is 18.6 Å². The Bertz CT molecular complexity index is 522. The number of halogens is 1. The zero-order valence-electron chi connectivity index (χ0n) is 12.6. The first-order valence-corrected chi connectivity index (χ1v) is 8.29. The van der Waals surface area contributed by atoms with Gasteiger partial charge in [-0.1, -0.05) is 35.0 Å². The van der Waals surface area contributed by atoms with Crippen LogP contribution in [0.25, 0.3) is 0 Å². The maximum Gasteiger partial charge on any atom is 0.250 e. The van der Waals surface area contributed by atoms with Crippen LogP contribution in [0.5, 0.6) is 0 Å². The highest BCUT2D eigenvalue weighted by atomic mass is 79.9. The molecule has 21 heavy (non-hydrogen) atoms. The second kappa shape index (κ2) is 7.64. The van der Waals surface area contributed by atoms with Gasteiger partial charge in [-0.2, -0.15) is 0 Å². The Morgan fingerprint density at radius 2 is 2.10 bits per heavy atom. The molecule has 0 radical (unpaired) electrons. The van der Waals surface area contributed by atoms with E-state index in [2.05, 4.69) is 33.4 Å². The molecule has 0 aromatic heterocycles. The molecule has 1 aliphatic rings. The van der Waals surface area contributed by atoms with Crippen molar-refractivity contribution in [3.63, 3.8) is 0 Å². The topological polar surface area (TPSA) is 38.3 Å². The normalized spacial score (nSPS) is 16.3. The lowest BCUT2D eigenvalue weighted by Crippen LogP contribution is -2.36. The van der Waals surface area contributed by atoms with Gasteiger partial charge in [-0.3, -0.25) is 4.79 Å². The number of carbonyl (C=O) groups excluding carboxylic acids is 1. The third-order valence-corrected chi connectivity index (χ3v) is 4.14. The quantitative estimate of drug-likeness (QED) is 0.871. The highest BCUT2D eigenvalue weighted by molar-refractivity contribution is 9.10. The SMILES string of the molecule is CCC1=C(C(=O)N[C@H](C)Cc2ccc(Br)cc2)CCCO1. The Morgan fingerprint density at radius 3 is 2.76 bits per heavy atom. The van der Waals surface area contributed by atoms with Crippen LogP contribution >= 0.6 is 15.9 Å². The first-order chi connectivity index (χ1) is 10.1. The summed E-state index contributed by atoms with van der Waals surface area (Å²) in [4.78, 5) is 12.4. The second-order valence-corrected chi connectivity index (χ2v) is 6.33. The van der Waals surface area contributed by atoms with E-state index >= 15 is 0 Å². The van der Waals surface area contributed by atoms with Crippen LogP contribution in [0.2, 0.25) is 0 Å². The molecule has 2 rings (SSSR count). The second-order valence-electron chi connectivity index (χ2n) is 5.41. The third kappa shape index (κ3) is 4.60. The predicted octanol–water partition coefficient (Wildman–Crippen LogP) is 3.97. The molecule has 0 aliphatic carbocycles. The number of hydrogen-bond acceptors (Lipinski definition) is 2. The van der Waals surface area contributed by atoms with E-state index in [0.717, 1.165) is 48.1 Å². The third-order valence-electron chi connectivity index (χ3n) is 3.61. The summed E-state index contributed by atoms with van der Waals surface area (Å²) in [5.74, 6) is 0.880. The number of ether oxygens (including phenoxy) is 1. The van der Waals surface area contributed by atoms with E-state index in [-0.39, 0.29) is 11.9 Å². The largest absolute Gasteiger partial charge is 0.497 e. The summed E-state index contributed by atoms with van der Waals surface area (Å²) in [6, 6.07) is 8.30. The van der Waals surface area contributed by atoms with Gasteiger partial charge in [-0.25, -0.2) is 0 Å². The molecule has 0 saturated carbocycles. The monoisotopic (exact) mass is 351 g/mol. The fourth-order valence-electron chi connectivity index (χ4n) is 2.56. The van der Waals surface area contributed by atoms with Gasteiger partial charge in [0.05, 0.1) is 12.2 Å². The van der Waals surface area contributed by atoms with E-state index < -0.39 is 0 Å². The number of amides is 1. The van der Waals surface area contributed by atoms with Gasteiger partial charge in [0.15, 0.2) is 0 Å². The van der Waals surface area contributed by atoms with Gasteiger partial charge in [0.2, 0.25) is 0 Å². The maximum absolute atomic E-state index is 12.4. The van der Waals surface area contributed by atoms with E-state index in [1.165, 1.54) is 5.56 Å². The summed E-state index contributed by atoms with van der Waals surface area (Å²) in [6.07, 6.45) is 3.35. The van der Waals surface area contributed by atoms with Gasteiger partial charge in [0.1, 0.15) is 5.76 Å². The predicted molar refractivity (Wildman–Crippen MR) is 88.0 cm³/mol. The zero-order chi connectivity index (χ0) is 15.2. The lowest BCUT2D eigenvalue weighted by Gasteiger charge is -2.22. The molecule has 1 aliphatic heterocycles. The first-order valence-electron chi connectivity index (χ1n) is 7.50. The highest BCUT2D eigenvalue weighted by Crippen LogP contribution is 2.22. The van der Waals surface area contributed by atoms with Crippen LogP contribution in [0.3, 0.4) is 0 Å². The minimum atomic E-state index is 0.0242. The number of carbonyl (C=O) groups is 1. The average molecular weight is 352 g/mol. The molecule has 0 saturated heterocycles. The van der Waals surface area contributed by atoms with Crippen LogP contribution in [0.15, 0.2) is 40.1 Å². The van der Waals surface area contributed by atoms with Crippen LogP contribution in [0.4, 0.5) is 0 Å². The molecule has 1 atom stereocenters. The summed E-state index contributed by atoms with van der Waals surface area (Å²) in [6.45, 7) is 4.80. The van der Waals surface area contributed by atoms with Crippen LogP contribution in [0.1, 0.15) is 38.7 Å². The van der Waals surface area contributed by atoms with Crippen molar-refractivity contribution in [2.45, 2.75) is 45.6 Å². The van der Waals surface area contributed by atoms with Gasteiger partial charge >= 0.3 is 0 Å². The van der Waals surface area contributed by atoms with Crippen molar-refractivity contribution >= 4 is 21.8 Å². The van der Waals surface area contributed by atoms with Crippen molar-refractivity contribution in [2.75, 3.05) is 6.61 Å². The van der Waals surface area contributed by atoms with E-state index in [9.17, 15) is 4.79 Å². The zero-order valence-corrected chi connectivity index (χ0v) is 14.2. The summed E-state index contributed by atoms with van der Waals surface area (Å²) >= 11 is 3.43. The molecular weight excluding hydrogens is 330 g/mol. The van der Waals surface area contributed by atoms with Crippen molar-refractivity contribution in [1.82, 2.24) is 5.32 Å². The van der Waals surface area contributed by atoms with E-state index in [1.807, 2.05) is 26.0 Å². The number of allylic oxidation sites excluding steroid dienone is 1. The fourth-order valence-corrected chi connectivity index (χ4v) is 2.83. The highest BCUT2D eigenvalue weighted by Gasteiger charge is 2.20. The number of nitrogens with one attached hydrogen (secondary N) is 1. The first kappa shape index (κ1) is 16.1. The molecule has 4 heteroatoms. The molecule has 1 heterocycles. The molecule has 0 spiro atoms. The molecule has 1 aromatic carbocycles. The molecule has 1 amide bonds. The fraction of sp³-hybridized carbons (Fsp3) is 0.471. The number of benzene rings is 1. The molecule has 114 valence electrons. The van der Waals surface area contributed by atoms with Gasteiger partial charge in [0, 0.05) is 16.9 Å². The summed E-state index contributed by atoms with van der Waals surface area (Å²) in [7, 11) is 0. The molecule has 0 fully saturated rings. The van der Waals surface area contributed by atoms with Gasteiger partial charge < -0.3 is 10.1 Å². The van der Waals surface area contributed by atoms with E-state index in [0.29, 0.717) is 0 Å². The van der Waals surface area contributed by atoms with Crippen molar-refractivity contribution < 1.29 is 9.53 Å². The van der Waals surface area contributed by atoms with Gasteiger partial charge in [-0.05, 0) is 43.9 Å². The lowest BCUT2D eigenvalue weighted by atomic mass is 10.0. The Hall–Kier alpha value is -1.29. The number of hydrogen-bond donors (Lipinski definition) is 1. The van der Waals surface area contributed by atoms with Gasteiger partial charge in [0.25, 0.3) is 5.91 Å².